The highest BCUT2D eigenvalue weighted by Crippen LogP contribution is 2.18. The first-order chi connectivity index (χ1) is 11.7. The number of ether oxygens (including phenoxy) is 2. The number of rotatable bonds is 6. The number of hydrogen-bond acceptors (Lipinski definition) is 6. The lowest BCUT2D eigenvalue weighted by Gasteiger charge is -2.26. The van der Waals surface area contributed by atoms with E-state index in [2.05, 4.69) is 0 Å². The second-order valence-corrected chi connectivity index (χ2v) is 8.11. The van der Waals surface area contributed by atoms with Crippen molar-refractivity contribution in [3.05, 3.63) is 30.1 Å². The van der Waals surface area contributed by atoms with Gasteiger partial charge in [0.05, 0.1) is 11.5 Å². The Morgan fingerprint density at radius 1 is 1.32 bits per heavy atom. The van der Waals surface area contributed by atoms with Crippen molar-refractivity contribution in [1.29, 1.82) is 0 Å². The molecule has 0 saturated carbocycles. The van der Waals surface area contributed by atoms with Crippen molar-refractivity contribution in [2.75, 3.05) is 25.2 Å². The van der Waals surface area contributed by atoms with E-state index in [1.165, 1.54) is 43.1 Å². The Morgan fingerprint density at radius 3 is 2.52 bits per heavy atom. The van der Waals surface area contributed by atoms with Crippen molar-refractivity contribution in [1.82, 2.24) is 4.90 Å². The molecule has 0 aliphatic carbocycles. The number of carbonyl (C=O) groups is 2. The molecule has 0 radical (unpaired) electrons. The molecule has 2 rings (SSSR count). The standard InChI is InChI=1S/C16H20FNO6S/c1-11(16(20)18(2)13-7-8-25(21,22)10-13)24-15(19)9-23-14-5-3-12(17)4-6-14/h3-6,11,13H,7-10H2,1-2H3/t11-,13+/m1/s1. The largest absolute Gasteiger partial charge is 0.482 e. The summed E-state index contributed by atoms with van der Waals surface area (Å²) >= 11 is 0. The lowest BCUT2D eigenvalue weighted by molar-refractivity contribution is -0.160. The summed E-state index contributed by atoms with van der Waals surface area (Å²) in [5.41, 5.74) is 0. The van der Waals surface area contributed by atoms with Crippen molar-refractivity contribution < 1.29 is 31.9 Å². The van der Waals surface area contributed by atoms with E-state index < -0.39 is 46.3 Å². The molecule has 1 heterocycles. The molecule has 0 unspecified atom stereocenters. The zero-order valence-electron chi connectivity index (χ0n) is 14.0. The zero-order valence-corrected chi connectivity index (χ0v) is 14.8. The summed E-state index contributed by atoms with van der Waals surface area (Å²) in [7, 11) is -1.62. The molecule has 1 aliphatic heterocycles. The molecular formula is C16H20FNO6S. The summed E-state index contributed by atoms with van der Waals surface area (Å²) in [6.07, 6.45) is -0.684. The van der Waals surface area contributed by atoms with Crippen LogP contribution in [0.25, 0.3) is 0 Å². The monoisotopic (exact) mass is 373 g/mol. The van der Waals surface area contributed by atoms with Gasteiger partial charge in [0.2, 0.25) is 0 Å². The fourth-order valence-electron chi connectivity index (χ4n) is 2.50. The number of amides is 1. The van der Waals surface area contributed by atoms with Gasteiger partial charge in [0.25, 0.3) is 5.91 Å². The van der Waals surface area contributed by atoms with Crippen LogP contribution >= 0.6 is 0 Å². The first-order valence-corrected chi connectivity index (χ1v) is 9.55. The summed E-state index contributed by atoms with van der Waals surface area (Å²) in [6, 6.07) is 4.71. The van der Waals surface area contributed by atoms with Gasteiger partial charge in [-0.15, -0.1) is 0 Å². The Kier molecular flexibility index (Phi) is 5.99. The first kappa shape index (κ1) is 19.2. The van der Waals surface area contributed by atoms with Crippen LogP contribution in [0.1, 0.15) is 13.3 Å². The van der Waals surface area contributed by atoms with Gasteiger partial charge in [-0.05, 0) is 37.6 Å². The molecule has 0 bridgehead atoms. The first-order valence-electron chi connectivity index (χ1n) is 7.73. The van der Waals surface area contributed by atoms with E-state index in [1.54, 1.807) is 0 Å². The van der Waals surface area contributed by atoms with Crippen LogP contribution in [0.3, 0.4) is 0 Å². The highest BCUT2D eigenvalue weighted by molar-refractivity contribution is 7.91. The molecule has 0 spiro atoms. The second-order valence-electron chi connectivity index (χ2n) is 5.88. The molecular weight excluding hydrogens is 353 g/mol. The van der Waals surface area contributed by atoms with Crippen LogP contribution in [0, 0.1) is 5.82 Å². The van der Waals surface area contributed by atoms with Crippen LogP contribution < -0.4 is 4.74 Å². The Hall–Kier alpha value is -2.16. The van der Waals surface area contributed by atoms with Crippen LogP contribution in [0.4, 0.5) is 4.39 Å². The predicted octanol–water partition coefficient (Wildman–Crippen LogP) is 0.782. The Labute approximate surface area is 145 Å². The number of hydrogen-bond donors (Lipinski definition) is 0. The summed E-state index contributed by atoms with van der Waals surface area (Å²) in [5.74, 6) is -1.38. The molecule has 7 nitrogen and oxygen atoms in total. The Balaban J connectivity index is 1.81. The highest BCUT2D eigenvalue weighted by Gasteiger charge is 2.34. The summed E-state index contributed by atoms with van der Waals surface area (Å²) in [6.45, 7) is 0.989. The molecule has 0 aromatic heterocycles. The third-order valence-corrected chi connectivity index (χ3v) is 5.68. The van der Waals surface area contributed by atoms with Crippen LogP contribution in [0.5, 0.6) is 5.75 Å². The number of nitrogens with zero attached hydrogens (tertiary/aromatic N) is 1. The van der Waals surface area contributed by atoms with Gasteiger partial charge < -0.3 is 14.4 Å². The predicted molar refractivity (Wildman–Crippen MR) is 87.3 cm³/mol. The molecule has 25 heavy (non-hydrogen) atoms. The third-order valence-electron chi connectivity index (χ3n) is 3.93. The van der Waals surface area contributed by atoms with Crippen LogP contribution in [-0.2, 0) is 24.2 Å². The van der Waals surface area contributed by atoms with Crippen LogP contribution in [0.2, 0.25) is 0 Å². The fraction of sp³-hybridized carbons (Fsp3) is 0.500. The molecule has 0 N–H and O–H groups in total. The highest BCUT2D eigenvalue weighted by atomic mass is 32.2. The van der Waals surface area contributed by atoms with Crippen molar-refractivity contribution in [3.8, 4) is 5.75 Å². The van der Waals surface area contributed by atoms with E-state index in [4.69, 9.17) is 9.47 Å². The topological polar surface area (TPSA) is 90.0 Å². The summed E-state index contributed by atoms with van der Waals surface area (Å²) in [5, 5.41) is 0. The Morgan fingerprint density at radius 2 is 1.96 bits per heavy atom. The van der Waals surface area contributed by atoms with Gasteiger partial charge in [0, 0.05) is 13.1 Å². The number of benzene rings is 1. The summed E-state index contributed by atoms with van der Waals surface area (Å²) < 4.78 is 45.9. The number of likely N-dealkylation sites (N-methyl/N-ethyl adjacent to an activating group) is 1. The molecule has 138 valence electrons. The van der Waals surface area contributed by atoms with E-state index in [0.29, 0.717) is 12.2 Å². The normalized spacial score (nSPS) is 19.9. The van der Waals surface area contributed by atoms with E-state index in [0.717, 1.165) is 0 Å². The minimum Gasteiger partial charge on any atom is -0.482 e. The zero-order chi connectivity index (χ0) is 18.6. The number of sulfone groups is 1. The van der Waals surface area contributed by atoms with E-state index >= 15 is 0 Å². The molecule has 1 aromatic carbocycles. The third kappa shape index (κ3) is 5.42. The quantitative estimate of drug-likeness (QED) is 0.685. The van der Waals surface area contributed by atoms with E-state index in [1.807, 2.05) is 0 Å². The lowest BCUT2D eigenvalue weighted by Crippen LogP contribution is -2.44. The van der Waals surface area contributed by atoms with Crippen molar-refractivity contribution in [2.45, 2.75) is 25.5 Å². The second kappa shape index (κ2) is 7.81. The molecule has 2 atom stereocenters. The molecule has 1 amide bonds. The molecule has 1 fully saturated rings. The molecule has 1 saturated heterocycles. The maximum Gasteiger partial charge on any atom is 0.344 e. The van der Waals surface area contributed by atoms with Crippen LogP contribution in [0.15, 0.2) is 24.3 Å². The van der Waals surface area contributed by atoms with Gasteiger partial charge in [-0.1, -0.05) is 0 Å². The smallest absolute Gasteiger partial charge is 0.344 e. The lowest BCUT2D eigenvalue weighted by atomic mass is 10.2. The molecule has 9 heteroatoms. The van der Waals surface area contributed by atoms with Crippen molar-refractivity contribution in [2.24, 2.45) is 0 Å². The molecule has 1 aliphatic rings. The number of carbonyl (C=O) groups excluding carboxylic acids is 2. The van der Waals surface area contributed by atoms with Gasteiger partial charge in [0.1, 0.15) is 11.6 Å². The van der Waals surface area contributed by atoms with Gasteiger partial charge in [-0.2, -0.15) is 0 Å². The van der Waals surface area contributed by atoms with E-state index in [-0.39, 0.29) is 11.5 Å². The fourth-order valence-corrected chi connectivity index (χ4v) is 4.28. The Bertz CT molecular complexity index is 733. The molecule has 1 aromatic rings. The average molecular weight is 373 g/mol. The number of halogens is 1. The van der Waals surface area contributed by atoms with Gasteiger partial charge in [0.15, 0.2) is 22.5 Å². The average Bonchev–Trinajstić information content (AvgIpc) is 2.93. The minimum absolute atomic E-state index is 0.0506. The SMILES string of the molecule is C[C@@H](OC(=O)COc1ccc(F)cc1)C(=O)N(C)[C@H]1CCS(=O)(=O)C1. The van der Waals surface area contributed by atoms with E-state index in [9.17, 15) is 22.4 Å². The minimum atomic E-state index is -3.11. The maximum absolute atomic E-state index is 12.8. The maximum atomic E-state index is 12.8. The summed E-state index contributed by atoms with van der Waals surface area (Å²) in [4.78, 5) is 25.3. The van der Waals surface area contributed by atoms with Crippen molar-refractivity contribution >= 4 is 21.7 Å². The van der Waals surface area contributed by atoms with Crippen LogP contribution in [-0.4, -0.2) is 62.5 Å². The van der Waals surface area contributed by atoms with Crippen molar-refractivity contribution in [3.63, 3.8) is 0 Å². The van der Waals surface area contributed by atoms with Gasteiger partial charge in [-0.25, -0.2) is 17.6 Å². The van der Waals surface area contributed by atoms with Gasteiger partial charge in [-0.3, -0.25) is 4.79 Å². The number of esters is 1. The van der Waals surface area contributed by atoms with Gasteiger partial charge >= 0.3 is 5.97 Å².